The Morgan fingerprint density at radius 1 is 1.19 bits per heavy atom. The quantitative estimate of drug-likeness (QED) is 0.719. The molecular formula is C15H25BrN2O2S. The van der Waals surface area contributed by atoms with E-state index >= 15 is 0 Å². The van der Waals surface area contributed by atoms with Crippen LogP contribution in [0.2, 0.25) is 0 Å². The Hall–Kier alpha value is -0.430. The van der Waals surface area contributed by atoms with E-state index in [1.807, 2.05) is 6.92 Å². The van der Waals surface area contributed by atoms with Crippen molar-refractivity contribution in [2.45, 2.75) is 44.6 Å². The van der Waals surface area contributed by atoms with Crippen LogP contribution in [0.15, 0.2) is 33.6 Å². The predicted molar refractivity (Wildman–Crippen MR) is 90.9 cm³/mol. The number of nitrogens with one attached hydrogen (secondary N) is 1. The van der Waals surface area contributed by atoms with Crippen molar-refractivity contribution >= 4 is 26.0 Å². The SMILES string of the molecule is CCN(CC)CCCC(C)NS(=O)(=O)c1ccc(Br)cc1. The first-order chi connectivity index (χ1) is 9.89. The summed E-state index contributed by atoms with van der Waals surface area (Å²) in [5.41, 5.74) is 0. The summed E-state index contributed by atoms with van der Waals surface area (Å²) in [5, 5.41) is 0. The van der Waals surface area contributed by atoms with Gasteiger partial charge in [-0.2, -0.15) is 0 Å². The zero-order valence-corrected chi connectivity index (χ0v) is 15.4. The third-order valence-electron chi connectivity index (χ3n) is 3.49. The van der Waals surface area contributed by atoms with Crippen molar-refractivity contribution < 1.29 is 8.42 Å². The van der Waals surface area contributed by atoms with E-state index in [0.29, 0.717) is 4.90 Å². The Morgan fingerprint density at radius 2 is 1.76 bits per heavy atom. The molecule has 0 saturated heterocycles. The normalized spacial score (nSPS) is 13.6. The van der Waals surface area contributed by atoms with Gasteiger partial charge in [-0.05, 0) is 63.7 Å². The zero-order chi connectivity index (χ0) is 15.9. The van der Waals surface area contributed by atoms with Crippen LogP contribution in [-0.4, -0.2) is 39.0 Å². The van der Waals surface area contributed by atoms with Gasteiger partial charge in [-0.25, -0.2) is 13.1 Å². The highest BCUT2D eigenvalue weighted by Crippen LogP contribution is 2.15. The monoisotopic (exact) mass is 376 g/mol. The molecular weight excluding hydrogens is 352 g/mol. The number of nitrogens with zero attached hydrogens (tertiary/aromatic N) is 1. The third-order valence-corrected chi connectivity index (χ3v) is 5.62. The van der Waals surface area contributed by atoms with Crippen LogP contribution in [0.1, 0.15) is 33.6 Å². The van der Waals surface area contributed by atoms with Gasteiger partial charge in [0.15, 0.2) is 0 Å². The molecule has 1 aromatic carbocycles. The molecule has 0 aromatic heterocycles. The van der Waals surface area contributed by atoms with Gasteiger partial charge in [-0.3, -0.25) is 0 Å². The summed E-state index contributed by atoms with van der Waals surface area (Å²) in [7, 11) is -3.42. The lowest BCUT2D eigenvalue weighted by molar-refractivity contribution is 0.293. The standard InChI is InChI=1S/C15H25BrN2O2S/c1-4-18(5-2)12-6-7-13(3)17-21(19,20)15-10-8-14(16)9-11-15/h8-11,13,17H,4-7,12H2,1-3H3. The number of hydrogen-bond acceptors (Lipinski definition) is 3. The van der Waals surface area contributed by atoms with E-state index in [-0.39, 0.29) is 6.04 Å². The van der Waals surface area contributed by atoms with Crippen LogP contribution < -0.4 is 4.72 Å². The van der Waals surface area contributed by atoms with Crippen LogP contribution in [-0.2, 0) is 10.0 Å². The van der Waals surface area contributed by atoms with E-state index in [2.05, 4.69) is 39.4 Å². The number of benzene rings is 1. The van der Waals surface area contributed by atoms with Crippen LogP contribution in [0.5, 0.6) is 0 Å². The van der Waals surface area contributed by atoms with E-state index in [1.165, 1.54) is 0 Å². The van der Waals surface area contributed by atoms with E-state index in [4.69, 9.17) is 0 Å². The number of sulfonamides is 1. The number of rotatable bonds is 9. The lowest BCUT2D eigenvalue weighted by Crippen LogP contribution is -2.33. The second kappa shape index (κ2) is 8.88. The lowest BCUT2D eigenvalue weighted by atomic mass is 10.2. The molecule has 0 bridgehead atoms. The summed E-state index contributed by atoms with van der Waals surface area (Å²) < 4.78 is 28.1. The second-order valence-electron chi connectivity index (χ2n) is 5.15. The molecule has 4 nitrogen and oxygen atoms in total. The van der Waals surface area contributed by atoms with Crippen LogP contribution >= 0.6 is 15.9 Å². The van der Waals surface area contributed by atoms with Gasteiger partial charge in [0.25, 0.3) is 0 Å². The first-order valence-electron chi connectivity index (χ1n) is 7.39. The fourth-order valence-corrected chi connectivity index (χ4v) is 3.71. The van der Waals surface area contributed by atoms with Gasteiger partial charge in [0.1, 0.15) is 0 Å². The Balaban J connectivity index is 2.49. The molecule has 1 rings (SSSR count). The first kappa shape index (κ1) is 18.6. The van der Waals surface area contributed by atoms with Gasteiger partial charge < -0.3 is 4.90 Å². The van der Waals surface area contributed by atoms with Crippen molar-refractivity contribution in [1.82, 2.24) is 9.62 Å². The molecule has 0 saturated carbocycles. The van der Waals surface area contributed by atoms with Crippen LogP contribution in [0.25, 0.3) is 0 Å². The molecule has 1 atom stereocenters. The summed E-state index contributed by atoms with van der Waals surface area (Å²) in [5.74, 6) is 0. The fourth-order valence-electron chi connectivity index (χ4n) is 2.17. The average Bonchev–Trinajstić information content (AvgIpc) is 2.43. The second-order valence-corrected chi connectivity index (χ2v) is 7.78. The van der Waals surface area contributed by atoms with Crippen molar-refractivity contribution in [3.8, 4) is 0 Å². The minimum absolute atomic E-state index is 0.0609. The van der Waals surface area contributed by atoms with E-state index in [1.54, 1.807) is 24.3 Å². The van der Waals surface area contributed by atoms with Gasteiger partial charge in [0, 0.05) is 10.5 Å². The van der Waals surface area contributed by atoms with E-state index < -0.39 is 10.0 Å². The van der Waals surface area contributed by atoms with Gasteiger partial charge in [-0.1, -0.05) is 29.8 Å². The van der Waals surface area contributed by atoms with Crippen molar-refractivity contribution in [3.05, 3.63) is 28.7 Å². The Labute approximate surface area is 137 Å². The fraction of sp³-hybridized carbons (Fsp3) is 0.600. The molecule has 21 heavy (non-hydrogen) atoms. The Morgan fingerprint density at radius 3 is 2.29 bits per heavy atom. The zero-order valence-electron chi connectivity index (χ0n) is 13.0. The number of halogens is 1. The minimum Gasteiger partial charge on any atom is -0.304 e. The highest BCUT2D eigenvalue weighted by Gasteiger charge is 2.17. The topological polar surface area (TPSA) is 49.4 Å². The van der Waals surface area contributed by atoms with Gasteiger partial charge >= 0.3 is 0 Å². The Kier molecular flexibility index (Phi) is 7.87. The molecule has 1 unspecified atom stereocenters. The van der Waals surface area contributed by atoms with Gasteiger partial charge in [-0.15, -0.1) is 0 Å². The molecule has 120 valence electrons. The molecule has 1 N–H and O–H groups in total. The average molecular weight is 377 g/mol. The van der Waals surface area contributed by atoms with Crippen molar-refractivity contribution in [1.29, 1.82) is 0 Å². The van der Waals surface area contributed by atoms with Crippen molar-refractivity contribution in [2.75, 3.05) is 19.6 Å². The molecule has 6 heteroatoms. The highest BCUT2D eigenvalue weighted by molar-refractivity contribution is 9.10. The smallest absolute Gasteiger partial charge is 0.240 e. The van der Waals surface area contributed by atoms with Crippen molar-refractivity contribution in [3.63, 3.8) is 0 Å². The van der Waals surface area contributed by atoms with Crippen LogP contribution in [0.4, 0.5) is 0 Å². The molecule has 0 spiro atoms. The molecule has 0 amide bonds. The molecule has 0 heterocycles. The molecule has 0 aliphatic rings. The van der Waals surface area contributed by atoms with E-state index in [9.17, 15) is 8.42 Å². The predicted octanol–water partition coefficient (Wildman–Crippen LogP) is 3.24. The van der Waals surface area contributed by atoms with Gasteiger partial charge in [0.05, 0.1) is 4.90 Å². The summed E-state index contributed by atoms with van der Waals surface area (Å²) in [6.07, 6.45) is 1.83. The number of hydrogen-bond donors (Lipinski definition) is 1. The van der Waals surface area contributed by atoms with Crippen molar-refractivity contribution in [2.24, 2.45) is 0 Å². The summed E-state index contributed by atoms with van der Waals surface area (Å²) in [6, 6.07) is 6.62. The molecule has 0 fully saturated rings. The minimum atomic E-state index is -3.42. The molecule has 1 aromatic rings. The van der Waals surface area contributed by atoms with Gasteiger partial charge in [0.2, 0.25) is 10.0 Å². The summed E-state index contributed by atoms with van der Waals surface area (Å²) >= 11 is 3.30. The maximum absolute atomic E-state index is 12.2. The maximum atomic E-state index is 12.2. The highest BCUT2D eigenvalue weighted by atomic mass is 79.9. The van der Waals surface area contributed by atoms with Crippen LogP contribution in [0, 0.1) is 0 Å². The largest absolute Gasteiger partial charge is 0.304 e. The first-order valence-corrected chi connectivity index (χ1v) is 9.67. The summed E-state index contributed by atoms with van der Waals surface area (Å²) in [6.45, 7) is 9.29. The Bertz CT molecular complexity index is 513. The lowest BCUT2D eigenvalue weighted by Gasteiger charge is -2.19. The molecule has 0 aliphatic carbocycles. The van der Waals surface area contributed by atoms with Crippen LogP contribution in [0.3, 0.4) is 0 Å². The summed E-state index contributed by atoms with van der Waals surface area (Å²) in [4.78, 5) is 2.65. The molecule has 0 radical (unpaired) electrons. The molecule has 0 aliphatic heterocycles. The maximum Gasteiger partial charge on any atom is 0.240 e. The third kappa shape index (κ3) is 6.46. The van der Waals surface area contributed by atoms with E-state index in [0.717, 1.165) is 36.9 Å².